The first-order chi connectivity index (χ1) is 9.63. The molecular weight excluding hydrogens is 278 g/mol. The van der Waals surface area contributed by atoms with Gasteiger partial charge in [0.1, 0.15) is 6.54 Å². The summed E-state index contributed by atoms with van der Waals surface area (Å²) in [4.78, 5) is 25.9. The van der Waals surface area contributed by atoms with E-state index < -0.39 is 5.97 Å². The van der Waals surface area contributed by atoms with Crippen LogP contribution in [-0.2, 0) is 14.3 Å². The highest BCUT2D eigenvalue weighted by molar-refractivity contribution is 7.99. The van der Waals surface area contributed by atoms with Crippen LogP contribution < -0.4 is 0 Å². The summed E-state index contributed by atoms with van der Waals surface area (Å²) in [6.07, 6.45) is 0. The third-order valence-electron chi connectivity index (χ3n) is 3.20. The fraction of sp³-hybridized carbons (Fsp3) is 0.429. The summed E-state index contributed by atoms with van der Waals surface area (Å²) < 4.78 is 4.94. The molecule has 0 aromatic heterocycles. The van der Waals surface area contributed by atoms with E-state index in [9.17, 15) is 9.59 Å². The average Bonchev–Trinajstić information content (AvgIpc) is 2.86. The van der Waals surface area contributed by atoms with Crippen LogP contribution in [0, 0.1) is 0 Å². The maximum absolute atomic E-state index is 12.5. The van der Waals surface area contributed by atoms with Crippen LogP contribution in [0.15, 0.2) is 29.2 Å². The molecule has 20 heavy (non-hydrogen) atoms. The Labute approximate surface area is 121 Å². The molecule has 1 heterocycles. The van der Waals surface area contributed by atoms with Crippen LogP contribution in [0.2, 0.25) is 0 Å². The summed E-state index contributed by atoms with van der Waals surface area (Å²) >= 11 is 1.64. The third-order valence-corrected chi connectivity index (χ3v) is 4.38. The van der Waals surface area contributed by atoms with E-state index in [0.717, 1.165) is 10.5 Å². The second kappa shape index (κ2) is 6.76. The van der Waals surface area contributed by atoms with E-state index in [1.54, 1.807) is 11.8 Å². The predicted molar refractivity (Wildman–Crippen MR) is 76.0 cm³/mol. The molecule has 0 unspecified atom stereocenters. The molecule has 1 aliphatic rings. The zero-order valence-electron chi connectivity index (χ0n) is 11.2. The van der Waals surface area contributed by atoms with Gasteiger partial charge in [-0.2, -0.15) is 0 Å². The van der Waals surface area contributed by atoms with Crippen molar-refractivity contribution < 1.29 is 19.4 Å². The van der Waals surface area contributed by atoms with Gasteiger partial charge in [0.05, 0.1) is 12.5 Å². The molecule has 1 aromatic rings. The Kier molecular flexibility index (Phi) is 5.03. The van der Waals surface area contributed by atoms with E-state index in [-0.39, 0.29) is 18.4 Å². The first-order valence-corrected chi connectivity index (χ1v) is 7.33. The van der Waals surface area contributed by atoms with Crippen LogP contribution >= 0.6 is 11.8 Å². The van der Waals surface area contributed by atoms with Crippen molar-refractivity contribution in [1.82, 2.24) is 4.90 Å². The molecule has 5 nitrogen and oxygen atoms in total. The fourth-order valence-electron chi connectivity index (χ4n) is 2.22. The van der Waals surface area contributed by atoms with Crippen LogP contribution in [0.1, 0.15) is 11.5 Å². The van der Waals surface area contributed by atoms with Crippen molar-refractivity contribution in [3.8, 4) is 0 Å². The summed E-state index contributed by atoms with van der Waals surface area (Å²) in [5, 5.41) is 8.93. The minimum absolute atomic E-state index is 0.137. The van der Waals surface area contributed by atoms with Crippen molar-refractivity contribution >= 4 is 23.6 Å². The molecular formula is C14H17NO4S. The molecule has 1 aliphatic heterocycles. The van der Waals surface area contributed by atoms with E-state index >= 15 is 0 Å². The number of methoxy groups -OCH3 is 1. The number of fused-ring (bicyclic) bond motifs is 1. The highest BCUT2D eigenvalue weighted by Crippen LogP contribution is 2.40. The van der Waals surface area contributed by atoms with Crippen molar-refractivity contribution in [2.75, 3.05) is 32.6 Å². The van der Waals surface area contributed by atoms with Gasteiger partial charge in [-0.25, -0.2) is 0 Å². The van der Waals surface area contributed by atoms with Crippen molar-refractivity contribution in [3.05, 3.63) is 29.8 Å². The van der Waals surface area contributed by atoms with Crippen LogP contribution in [-0.4, -0.2) is 54.4 Å². The maximum Gasteiger partial charge on any atom is 0.323 e. The lowest BCUT2D eigenvalue weighted by atomic mass is 10.00. The SMILES string of the molecule is COCCN(CC(=O)O)C(=O)[C@H]1CSc2ccccc21. The zero-order valence-corrected chi connectivity index (χ0v) is 12.1. The molecule has 108 valence electrons. The minimum atomic E-state index is -1.01. The number of nitrogens with zero attached hydrogens (tertiary/aromatic N) is 1. The molecule has 6 heteroatoms. The smallest absolute Gasteiger partial charge is 0.323 e. The number of amides is 1. The van der Waals surface area contributed by atoms with E-state index in [1.165, 1.54) is 12.0 Å². The lowest BCUT2D eigenvalue weighted by molar-refractivity contribution is -0.145. The molecule has 0 radical (unpaired) electrons. The number of rotatable bonds is 6. The monoisotopic (exact) mass is 295 g/mol. The summed E-state index contributed by atoms with van der Waals surface area (Å²) in [6.45, 7) is 0.344. The first-order valence-electron chi connectivity index (χ1n) is 6.34. The summed E-state index contributed by atoms with van der Waals surface area (Å²) in [5.74, 6) is -0.732. The normalized spacial score (nSPS) is 16.8. The number of carbonyl (C=O) groups is 2. The van der Waals surface area contributed by atoms with Gasteiger partial charge in [0, 0.05) is 24.3 Å². The summed E-state index contributed by atoms with van der Waals surface area (Å²) in [5.41, 5.74) is 0.996. The number of carboxylic acid groups (broad SMARTS) is 1. The zero-order chi connectivity index (χ0) is 14.5. The Morgan fingerprint density at radius 2 is 2.20 bits per heavy atom. The number of hydrogen-bond donors (Lipinski definition) is 1. The van der Waals surface area contributed by atoms with Gasteiger partial charge >= 0.3 is 5.97 Å². The number of ether oxygens (including phenoxy) is 1. The number of hydrogen-bond acceptors (Lipinski definition) is 4. The summed E-state index contributed by atoms with van der Waals surface area (Å²) in [7, 11) is 1.53. The standard InChI is InChI=1S/C14H17NO4S/c1-19-7-6-15(8-13(16)17)14(18)11-9-20-12-5-3-2-4-10(11)12/h2-5,11H,6-9H2,1H3,(H,16,17)/t11-/m0/s1. The Bertz CT molecular complexity index is 506. The van der Waals surface area contributed by atoms with Crippen molar-refractivity contribution in [2.45, 2.75) is 10.8 Å². The highest BCUT2D eigenvalue weighted by atomic mass is 32.2. The quantitative estimate of drug-likeness (QED) is 0.860. The third kappa shape index (κ3) is 3.32. The van der Waals surface area contributed by atoms with E-state index in [2.05, 4.69) is 0 Å². The van der Waals surface area contributed by atoms with Crippen LogP contribution in [0.4, 0.5) is 0 Å². The van der Waals surface area contributed by atoms with E-state index in [1.807, 2.05) is 24.3 Å². The van der Waals surface area contributed by atoms with Crippen molar-refractivity contribution in [2.24, 2.45) is 0 Å². The molecule has 1 N–H and O–H groups in total. The lowest BCUT2D eigenvalue weighted by Gasteiger charge is -2.23. The molecule has 1 aromatic carbocycles. The van der Waals surface area contributed by atoms with Gasteiger partial charge in [-0.05, 0) is 11.6 Å². The Hall–Kier alpha value is -1.53. The van der Waals surface area contributed by atoms with Crippen molar-refractivity contribution in [3.63, 3.8) is 0 Å². The molecule has 0 fully saturated rings. The summed E-state index contributed by atoms with van der Waals surface area (Å²) in [6, 6.07) is 7.78. The topological polar surface area (TPSA) is 66.8 Å². The number of carboxylic acids is 1. The van der Waals surface area contributed by atoms with Gasteiger partial charge in [0.25, 0.3) is 0 Å². The maximum atomic E-state index is 12.5. The lowest BCUT2D eigenvalue weighted by Crippen LogP contribution is -2.40. The van der Waals surface area contributed by atoms with Crippen LogP contribution in [0.3, 0.4) is 0 Å². The first kappa shape index (κ1) is 14.9. The highest BCUT2D eigenvalue weighted by Gasteiger charge is 2.32. The average molecular weight is 295 g/mol. The Morgan fingerprint density at radius 1 is 1.45 bits per heavy atom. The molecule has 0 aliphatic carbocycles. The van der Waals surface area contributed by atoms with Gasteiger partial charge in [-0.1, -0.05) is 18.2 Å². The Balaban J connectivity index is 2.13. The molecule has 1 amide bonds. The molecule has 0 saturated carbocycles. The Morgan fingerprint density at radius 3 is 2.90 bits per heavy atom. The van der Waals surface area contributed by atoms with Gasteiger partial charge in [-0.15, -0.1) is 11.8 Å². The fourth-order valence-corrected chi connectivity index (χ4v) is 3.44. The molecule has 0 spiro atoms. The molecule has 2 rings (SSSR count). The molecule has 0 saturated heterocycles. The van der Waals surface area contributed by atoms with Crippen LogP contribution in [0.5, 0.6) is 0 Å². The second-order valence-corrected chi connectivity index (χ2v) is 5.61. The number of carbonyl (C=O) groups excluding carboxylic acids is 1. The van der Waals surface area contributed by atoms with E-state index in [0.29, 0.717) is 18.9 Å². The number of aliphatic carboxylic acids is 1. The van der Waals surface area contributed by atoms with Crippen LogP contribution in [0.25, 0.3) is 0 Å². The largest absolute Gasteiger partial charge is 0.480 e. The molecule has 1 atom stereocenters. The van der Waals surface area contributed by atoms with Gasteiger partial charge in [0.15, 0.2) is 0 Å². The second-order valence-electron chi connectivity index (χ2n) is 4.55. The molecule has 0 bridgehead atoms. The minimum Gasteiger partial charge on any atom is -0.480 e. The van der Waals surface area contributed by atoms with Gasteiger partial charge in [-0.3, -0.25) is 9.59 Å². The predicted octanol–water partition coefficient (Wildman–Crippen LogP) is 1.44. The number of thioether (sulfide) groups is 1. The van der Waals surface area contributed by atoms with E-state index in [4.69, 9.17) is 9.84 Å². The van der Waals surface area contributed by atoms with Crippen molar-refractivity contribution in [1.29, 1.82) is 0 Å². The van der Waals surface area contributed by atoms with Gasteiger partial charge < -0.3 is 14.7 Å². The van der Waals surface area contributed by atoms with Gasteiger partial charge in [0.2, 0.25) is 5.91 Å². The number of benzene rings is 1.